The van der Waals surface area contributed by atoms with Gasteiger partial charge in [0.05, 0.1) is 5.92 Å². The standard InChI is InChI=1S/C12H18ClNO2/c1-2-3-10(15)12-8(13)6-7-14-9(12)4-5-11(14)16/h8-9,12H,2-7H2,1H3/t8-,9-,12?/m0/s1. The largest absolute Gasteiger partial charge is 0.339 e. The lowest BCUT2D eigenvalue weighted by atomic mass is 9.84. The zero-order valence-corrected chi connectivity index (χ0v) is 10.4. The molecule has 2 aliphatic rings. The van der Waals surface area contributed by atoms with E-state index in [4.69, 9.17) is 11.6 Å². The third-order valence-corrected chi connectivity index (χ3v) is 4.18. The summed E-state index contributed by atoms with van der Waals surface area (Å²) in [5, 5.41) is -0.0776. The molecule has 1 unspecified atom stereocenters. The third-order valence-electron chi connectivity index (χ3n) is 3.69. The second-order valence-corrected chi connectivity index (χ2v) is 5.30. The highest BCUT2D eigenvalue weighted by atomic mass is 35.5. The second kappa shape index (κ2) is 4.74. The second-order valence-electron chi connectivity index (χ2n) is 4.74. The molecule has 0 aromatic rings. The van der Waals surface area contributed by atoms with Crippen LogP contribution in [-0.2, 0) is 9.59 Å². The number of hydrogen-bond donors (Lipinski definition) is 0. The summed E-state index contributed by atoms with van der Waals surface area (Å²) >= 11 is 6.27. The number of ketones is 1. The number of alkyl halides is 1. The molecule has 3 atom stereocenters. The van der Waals surface area contributed by atoms with E-state index in [1.165, 1.54) is 0 Å². The SMILES string of the molecule is CCCC(=O)C1[C@@H](Cl)CCN2C(=O)CC[C@@H]12. The van der Waals surface area contributed by atoms with Gasteiger partial charge in [0.1, 0.15) is 5.78 Å². The molecule has 0 radical (unpaired) electrons. The first-order valence-electron chi connectivity index (χ1n) is 6.11. The van der Waals surface area contributed by atoms with Crippen LogP contribution in [0.25, 0.3) is 0 Å². The van der Waals surface area contributed by atoms with Crippen molar-refractivity contribution < 1.29 is 9.59 Å². The molecule has 0 spiro atoms. The number of halogens is 1. The van der Waals surface area contributed by atoms with Crippen LogP contribution < -0.4 is 0 Å². The first-order chi connectivity index (χ1) is 7.65. The summed E-state index contributed by atoms with van der Waals surface area (Å²) in [5.41, 5.74) is 0. The molecule has 0 bridgehead atoms. The van der Waals surface area contributed by atoms with Gasteiger partial charge in [0.2, 0.25) is 5.91 Å². The van der Waals surface area contributed by atoms with Crippen molar-refractivity contribution in [1.29, 1.82) is 0 Å². The molecule has 2 aliphatic heterocycles. The zero-order valence-electron chi connectivity index (χ0n) is 9.62. The Labute approximate surface area is 101 Å². The van der Waals surface area contributed by atoms with E-state index >= 15 is 0 Å². The van der Waals surface area contributed by atoms with E-state index < -0.39 is 0 Å². The Morgan fingerprint density at radius 2 is 2.25 bits per heavy atom. The number of rotatable bonds is 3. The summed E-state index contributed by atoms with van der Waals surface area (Å²) in [5.74, 6) is 0.316. The molecular formula is C12H18ClNO2. The van der Waals surface area contributed by atoms with Crippen LogP contribution in [0.4, 0.5) is 0 Å². The van der Waals surface area contributed by atoms with Crippen molar-refractivity contribution in [2.24, 2.45) is 5.92 Å². The van der Waals surface area contributed by atoms with Crippen molar-refractivity contribution in [3.63, 3.8) is 0 Å². The van der Waals surface area contributed by atoms with Gasteiger partial charge in [-0.25, -0.2) is 0 Å². The lowest BCUT2D eigenvalue weighted by molar-refractivity contribution is -0.133. The van der Waals surface area contributed by atoms with E-state index in [-0.39, 0.29) is 29.0 Å². The molecule has 2 rings (SSSR count). The Hall–Kier alpha value is -0.570. The van der Waals surface area contributed by atoms with Gasteiger partial charge >= 0.3 is 0 Å². The average Bonchev–Trinajstić information content (AvgIpc) is 2.60. The van der Waals surface area contributed by atoms with Crippen LogP contribution in [-0.4, -0.2) is 34.6 Å². The Balaban J connectivity index is 2.14. The average molecular weight is 244 g/mol. The van der Waals surface area contributed by atoms with Gasteiger partial charge in [-0.1, -0.05) is 6.92 Å². The number of nitrogens with zero attached hydrogens (tertiary/aromatic N) is 1. The Kier molecular flexibility index (Phi) is 3.53. The van der Waals surface area contributed by atoms with Gasteiger partial charge in [-0.3, -0.25) is 9.59 Å². The normalized spacial score (nSPS) is 34.0. The summed E-state index contributed by atoms with van der Waals surface area (Å²) in [4.78, 5) is 25.5. The van der Waals surface area contributed by atoms with E-state index in [1.807, 2.05) is 11.8 Å². The number of Topliss-reactive ketones (excluding diaryl/α,β-unsaturated/α-hetero) is 1. The van der Waals surface area contributed by atoms with Crippen molar-refractivity contribution in [2.45, 2.75) is 50.4 Å². The minimum atomic E-state index is -0.123. The van der Waals surface area contributed by atoms with Crippen LogP contribution in [0.2, 0.25) is 0 Å². The summed E-state index contributed by atoms with van der Waals surface area (Å²) in [6, 6.07) is 0.0859. The van der Waals surface area contributed by atoms with Gasteiger partial charge in [-0.05, 0) is 19.3 Å². The Morgan fingerprint density at radius 1 is 1.50 bits per heavy atom. The number of fused-ring (bicyclic) bond motifs is 1. The summed E-state index contributed by atoms with van der Waals surface area (Å²) in [6.45, 7) is 2.73. The van der Waals surface area contributed by atoms with Crippen LogP contribution in [0.3, 0.4) is 0 Å². The Bertz CT molecular complexity index is 305. The molecule has 90 valence electrons. The highest BCUT2D eigenvalue weighted by Crippen LogP contribution is 2.36. The number of carbonyl (C=O) groups excluding carboxylic acids is 2. The van der Waals surface area contributed by atoms with Crippen LogP contribution in [0.1, 0.15) is 39.0 Å². The molecule has 0 aromatic heterocycles. The fourth-order valence-corrected chi connectivity index (χ4v) is 3.34. The lowest BCUT2D eigenvalue weighted by Gasteiger charge is -2.38. The predicted molar refractivity (Wildman–Crippen MR) is 62.4 cm³/mol. The zero-order chi connectivity index (χ0) is 11.7. The first kappa shape index (κ1) is 11.9. The maximum atomic E-state index is 12.0. The van der Waals surface area contributed by atoms with E-state index in [0.29, 0.717) is 12.8 Å². The Morgan fingerprint density at radius 3 is 2.94 bits per heavy atom. The van der Waals surface area contributed by atoms with Crippen molar-refractivity contribution in [3.8, 4) is 0 Å². The maximum Gasteiger partial charge on any atom is 0.222 e. The minimum Gasteiger partial charge on any atom is -0.339 e. The molecule has 0 aliphatic carbocycles. The van der Waals surface area contributed by atoms with E-state index in [1.54, 1.807) is 0 Å². The van der Waals surface area contributed by atoms with E-state index in [0.717, 1.165) is 25.8 Å². The molecule has 2 heterocycles. The number of piperidine rings is 1. The number of carbonyl (C=O) groups is 2. The van der Waals surface area contributed by atoms with Crippen LogP contribution in [0, 0.1) is 5.92 Å². The minimum absolute atomic E-state index is 0.0776. The van der Waals surface area contributed by atoms with Gasteiger partial charge in [0.25, 0.3) is 0 Å². The summed E-state index contributed by atoms with van der Waals surface area (Å²) < 4.78 is 0. The molecule has 16 heavy (non-hydrogen) atoms. The van der Waals surface area contributed by atoms with Crippen LogP contribution in [0.15, 0.2) is 0 Å². The van der Waals surface area contributed by atoms with Crippen molar-refractivity contribution in [2.75, 3.05) is 6.54 Å². The first-order valence-corrected chi connectivity index (χ1v) is 6.55. The molecule has 0 saturated carbocycles. The van der Waals surface area contributed by atoms with E-state index in [9.17, 15) is 9.59 Å². The quantitative estimate of drug-likeness (QED) is 0.711. The topological polar surface area (TPSA) is 37.4 Å². The number of hydrogen-bond acceptors (Lipinski definition) is 2. The van der Waals surface area contributed by atoms with Crippen molar-refractivity contribution >= 4 is 23.3 Å². The highest BCUT2D eigenvalue weighted by molar-refractivity contribution is 6.22. The summed E-state index contributed by atoms with van der Waals surface area (Å²) in [7, 11) is 0. The maximum absolute atomic E-state index is 12.0. The van der Waals surface area contributed by atoms with Gasteiger partial charge in [0, 0.05) is 30.8 Å². The van der Waals surface area contributed by atoms with Gasteiger partial charge < -0.3 is 4.90 Å². The fraction of sp³-hybridized carbons (Fsp3) is 0.833. The fourth-order valence-electron chi connectivity index (χ4n) is 2.93. The molecule has 2 saturated heterocycles. The van der Waals surface area contributed by atoms with Crippen LogP contribution >= 0.6 is 11.6 Å². The molecule has 2 fully saturated rings. The van der Waals surface area contributed by atoms with Gasteiger partial charge in [-0.2, -0.15) is 0 Å². The molecule has 3 nitrogen and oxygen atoms in total. The molecule has 4 heteroatoms. The lowest BCUT2D eigenvalue weighted by Crippen LogP contribution is -2.50. The van der Waals surface area contributed by atoms with Crippen molar-refractivity contribution in [3.05, 3.63) is 0 Å². The van der Waals surface area contributed by atoms with Crippen LogP contribution in [0.5, 0.6) is 0 Å². The van der Waals surface area contributed by atoms with E-state index in [2.05, 4.69) is 0 Å². The van der Waals surface area contributed by atoms with Gasteiger partial charge in [0.15, 0.2) is 0 Å². The van der Waals surface area contributed by atoms with Gasteiger partial charge in [-0.15, -0.1) is 11.6 Å². The molecule has 0 N–H and O–H groups in total. The predicted octanol–water partition coefficient (Wildman–Crippen LogP) is 1.97. The molecule has 1 amide bonds. The third kappa shape index (κ3) is 1.97. The summed E-state index contributed by atoms with van der Waals surface area (Å²) in [6.07, 6.45) is 3.60. The smallest absolute Gasteiger partial charge is 0.222 e. The molecule has 0 aromatic carbocycles. The van der Waals surface area contributed by atoms with Crippen molar-refractivity contribution in [1.82, 2.24) is 4.90 Å². The monoisotopic (exact) mass is 243 g/mol. The number of amides is 1. The molecular weight excluding hydrogens is 226 g/mol. The highest BCUT2D eigenvalue weighted by Gasteiger charge is 2.45.